The van der Waals surface area contributed by atoms with Gasteiger partial charge in [-0.1, -0.05) is 19.1 Å². The first-order valence-electron chi connectivity index (χ1n) is 14.2. The number of nitrogens with zero attached hydrogens (tertiary/aromatic N) is 3. The minimum atomic E-state index is -1.42. The van der Waals surface area contributed by atoms with E-state index < -0.39 is 6.17 Å². The van der Waals surface area contributed by atoms with Crippen LogP contribution >= 0.6 is 0 Å². The van der Waals surface area contributed by atoms with Crippen LogP contribution in [0.1, 0.15) is 67.1 Å². The minimum Gasteiger partial charge on any atom is -0.633 e. The highest BCUT2D eigenvalue weighted by atomic mass is 19.1. The molecular weight excluding hydrogens is 527 g/mol. The highest BCUT2D eigenvalue weighted by Crippen LogP contribution is 2.26. The van der Waals surface area contributed by atoms with Gasteiger partial charge in [0.05, 0.1) is 38.3 Å². The monoisotopic (exact) mass is 570 g/mol. The van der Waals surface area contributed by atoms with Crippen molar-refractivity contribution in [2.24, 2.45) is 0 Å². The average molecular weight is 571 g/mol. The number of piperidine rings is 1. The van der Waals surface area contributed by atoms with E-state index in [4.69, 9.17) is 5.73 Å². The maximum atomic E-state index is 15.2. The van der Waals surface area contributed by atoms with E-state index in [0.29, 0.717) is 55.6 Å². The normalized spacial score (nSPS) is 16.5. The molecule has 1 saturated heterocycles. The second-order valence-corrected chi connectivity index (χ2v) is 10.5. The summed E-state index contributed by atoms with van der Waals surface area (Å²) in [6, 6.07) is 6.87. The Morgan fingerprint density at radius 1 is 1.20 bits per heavy atom. The van der Waals surface area contributed by atoms with Crippen molar-refractivity contribution in [3.8, 4) is 0 Å². The lowest BCUT2D eigenvalue weighted by molar-refractivity contribution is -0.884. The molecule has 2 unspecified atom stereocenters. The van der Waals surface area contributed by atoms with Gasteiger partial charge in [-0.2, -0.15) is 0 Å². The molecule has 41 heavy (non-hydrogen) atoms. The van der Waals surface area contributed by atoms with Gasteiger partial charge >= 0.3 is 0 Å². The predicted molar refractivity (Wildman–Crippen MR) is 158 cm³/mol. The third-order valence-electron chi connectivity index (χ3n) is 7.29. The standard InChI is InChI=1S/C29H43FN8O3/c1-4-24(36-27(39)19-33-17-21-8-11-26(31)35-18-21)23(30)16-20(2)25-10-9-22(28(32-3)37-25)29(40)34-12-15-38(41)13-6-5-7-14-38/h4,8-11,18,20,23,33H,5-7,12-17,19H2,1-3H3,(H2,31,35)(H,32,37)(H,34,40)(H,36,39). The Kier molecular flexibility index (Phi) is 12.0. The summed E-state index contributed by atoms with van der Waals surface area (Å²) in [5, 5.41) is 24.1. The number of hydrogen-bond donors (Lipinski definition) is 5. The van der Waals surface area contributed by atoms with Crippen LogP contribution in [0.4, 0.5) is 16.0 Å². The molecule has 0 bridgehead atoms. The number of halogens is 1. The number of amides is 2. The molecule has 6 N–H and O–H groups in total. The molecule has 12 heteroatoms. The van der Waals surface area contributed by atoms with Crippen molar-refractivity contribution < 1.29 is 18.6 Å². The summed E-state index contributed by atoms with van der Waals surface area (Å²) in [5.74, 6) is -0.152. The lowest BCUT2D eigenvalue weighted by Crippen LogP contribution is -2.50. The van der Waals surface area contributed by atoms with Gasteiger partial charge in [-0.05, 0) is 56.4 Å². The number of pyridine rings is 2. The van der Waals surface area contributed by atoms with Crippen LogP contribution in [0, 0.1) is 5.21 Å². The zero-order valence-electron chi connectivity index (χ0n) is 24.2. The van der Waals surface area contributed by atoms with E-state index in [9.17, 15) is 14.8 Å². The third-order valence-corrected chi connectivity index (χ3v) is 7.29. The van der Waals surface area contributed by atoms with Gasteiger partial charge in [0.25, 0.3) is 5.91 Å². The van der Waals surface area contributed by atoms with Crippen molar-refractivity contribution in [1.82, 2.24) is 25.9 Å². The van der Waals surface area contributed by atoms with Gasteiger partial charge in [-0.3, -0.25) is 9.59 Å². The molecule has 2 amide bonds. The molecule has 0 spiro atoms. The quantitative estimate of drug-likeness (QED) is 0.171. The van der Waals surface area contributed by atoms with Crippen molar-refractivity contribution in [2.45, 2.75) is 58.2 Å². The summed E-state index contributed by atoms with van der Waals surface area (Å²) < 4.78 is 15.0. The lowest BCUT2D eigenvalue weighted by Gasteiger charge is -2.45. The summed E-state index contributed by atoms with van der Waals surface area (Å²) in [6.07, 6.45) is 4.79. The van der Waals surface area contributed by atoms with E-state index in [2.05, 4.69) is 31.2 Å². The Morgan fingerprint density at radius 2 is 1.95 bits per heavy atom. The first-order chi connectivity index (χ1) is 19.6. The molecule has 2 aromatic heterocycles. The Bertz CT molecular complexity index is 1190. The van der Waals surface area contributed by atoms with Crippen LogP contribution in [0.2, 0.25) is 0 Å². The molecule has 0 aliphatic carbocycles. The number of hydroxylamine groups is 3. The lowest BCUT2D eigenvalue weighted by atomic mass is 9.97. The van der Waals surface area contributed by atoms with E-state index in [1.807, 2.05) is 13.0 Å². The zero-order valence-corrected chi connectivity index (χ0v) is 24.2. The number of nitrogens with one attached hydrogen (secondary N) is 4. The molecule has 3 heterocycles. The number of allylic oxidation sites excluding steroid dienone is 2. The van der Waals surface area contributed by atoms with Gasteiger partial charge in [0.1, 0.15) is 17.8 Å². The number of carbonyl (C=O) groups excluding carboxylic acids is 2. The highest BCUT2D eigenvalue weighted by Gasteiger charge is 2.23. The maximum Gasteiger partial charge on any atom is 0.255 e. The van der Waals surface area contributed by atoms with Crippen molar-refractivity contribution in [3.63, 3.8) is 0 Å². The highest BCUT2D eigenvalue weighted by molar-refractivity contribution is 5.98. The van der Waals surface area contributed by atoms with Gasteiger partial charge in [0, 0.05) is 37.1 Å². The van der Waals surface area contributed by atoms with E-state index in [0.717, 1.165) is 24.8 Å². The summed E-state index contributed by atoms with van der Waals surface area (Å²) >= 11 is 0. The first-order valence-corrected chi connectivity index (χ1v) is 14.2. The van der Waals surface area contributed by atoms with E-state index >= 15 is 4.39 Å². The molecule has 2 aromatic rings. The number of carbonyl (C=O) groups is 2. The van der Waals surface area contributed by atoms with Crippen LogP contribution in [-0.4, -0.2) is 72.4 Å². The zero-order chi connectivity index (χ0) is 29.8. The number of anilines is 2. The van der Waals surface area contributed by atoms with Crippen LogP contribution in [0.15, 0.2) is 42.2 Å². The van der Waals surface area contributed by atoms with Gasteiger partial charge in [-0.25, -0.2) is 14.4 Å². The smallest absolute Gasteiger partial charge is 0.255 e. The Hall–Kier alpha value is -3.61. The Labute approximate surface area is 241 Å². The van der Waals surface area contributed by atoms with Crippen LogP contribution in [0.5, 0.6) is 0 Å². The summed E-state index contributed by atoms with van der Waals surface area (Å²) in [4.78, 5) is 33.8. The second kappa shape index (κ2) is 15.4. The van der Waals surface area contributed by atoms with Crippen LogP contribution in [-0.2, 0) is 11.3 Å². The van der Waals surface area contributed by atoms with Gasteiger partial charge < -0.3 is 36.9 Å². The average Bonchev–Trinajstić information content (AvgIpc) is 2.96. The SMILES string of the molecule is CC=C(NC(=O)CNCc1ccc(N)nc1)C(F)CC(C)c1ccc(C(=O)NCC[N+]2([O-])CCCCC2)c(NC)n1. The number of likely N-dealkylation sites (tertiary alicyclic amines) is 1. The summed E-state index contributed by atoms with van der Waals surface area (Å²) in [6.45, 7) is 5.79. The Balaban J connectivity index is 1.50. The van der Waals surface area contributed by atoms with Crippen molar-refractivity contribution in [1.29, 1.82) is 0 Å². The Morgan fingerprint density at radius 3 is 2.61 bits per heavy atom. The number of nitrogen functional groups attached to an aromatic ring is 1. The number of alkyl halides is 1. The van der Waals surface area contributed by atoms with E-state index in [-0.39, 0.29) is 41.0 Å². The summed E-state index contributed by atoms with van der Waals surface area (Å²) in [5.41, 5.74) is 7.62. The number of nitrogens with two attached hydrogens (primary N) is 1. The number of hydrogen-bond acceptors (Lipinski definition) is 8. The summed E-state index contributed by atoms with van der Waals surface area (Å²) in [7, 11) is 1.67. The minimum absolute atomic E-state index is 0.00934. The molecule has 0 radical (unpaired) electrons. The number of rotatable bonds is 14. The van der Waals surface area contributed by atoms with Crippen molar-refractivity contribution in [3.05, 3.63) is 64.3 Å². The van der Waals surface area contributed by atoms with Gasteiger partial charge in [-0.15, -0.1) is 0 Å². The van der Waals surface area contributed by atoms with Gasteiger partial charge in [0.15, 0.2) is 0 Å². The molecule has 2 atom stereocenters. The van der Waals surface area contributed by atoms with E-state index in [1.54, 1.807) is 44.4 Å². The fraction of sp³-hybridized carbons (Fsp3) is 0.517. The first kappa shape index (κ1) is 31.9. The second-order valence-electron chi connectivity index (χ2n) is 10.5. The molecule has 0 aromatic carbocycles. The molecule has 3 rings (SSSR count). The predicted octanol–water partition coefficient (Wildman–Crippen LogP) is 2.97. The van der Waals surface area contributed by atoms with Gasteiger partial charge in [0.2, 0.25) is 5.91 Å². The van der Waals surface area contributed by atoms with Crippen LogP contribution in [0.25, 0.3) is 0 Å². The maximum absolute atomic E-state index is 15.2. The topological polar surface area (TPSA) is 157 Å². The molecule has 1 aliphatic rings. The van der Waals surface area contributed by atoms with Crippen LogP contribution < -0.4 is 27.0 Å². The number of aromatic nitrogens is 2. The molecule has 0 saturated carbocycles. The fourth-order valence-corrected chi connectivity index (χ4v) is 4.86. The molecule has 1 aliphatic heterocycles. The van der Waals surface area contributed by atoms with Crippen LogP contribution in [0.3, 0.4) is 0 Å². The third kappa shape index (κ3) is 9.76. The molecule has 11 nitrogen and oxygen atoms in total. The van der Waals surface area contributed by atoms with Crippen molar-refractivity contribution in [2.75, 3.05) is 50.8 Å². The number of quaternary nitrogens is 1. The molecule has 1 fully saturated rings. The van der Waals surface area contributed by atoms with Crippen molar-refractivity contribution >= 4 is 23.5 Å². The fourth-order valence-electron chi connectivity index (χ4n) is 4.86. The molecular formula is C29H43FN8O3. The largest absolute Gasteiger partial charge is 0.633 e. The molecule has 224 valence electrons. The van der Waals surface area contributed by atoms with E-state index in [1.165, 1.54) is 0 Å².